The van der Waals surface area contributed by atoms with Crippen LogP contribution < -0.4 is 10.6 Å². The van der Waals surface area contributed by atoms with Crippen LogP contribution in [0.4, 0.5) is 16.2 Å². The lowest BCUT2D eigenvalue weighted by Crippen LogP contribution is -2.31. The van der Waals surface area contributed by atoms with Gasteiger partial charge in [-0.25, -0.2) is 4.79 Å². The summed E-state index contributed by atoms with van der Waals surface area (Å²) in [6.45, 7) is 2.00. The van der Waals surface area contributed by atoms with Gasteiger partial charge >= 0.3 is 6.03 Å². The van der Waals surface area contributed by atoms with Crippen molar-refractivity contribution in [1.29, 1.82) is 0 Å². The van der Waals surface area contributed by atoms with E-state index in [9.17, 15) is 4.79 Å². The minimum absolute atomic E-state index is 0.508. The number of hydrogen-bond donors (Lipinski definition) is 1. The molecule has 0 atom stereocenters. The van der Waals surface area contributed by atoms with Crippen molar-refractivity contribution in [1.82, 2.24) is 9.88 Å². The Morgan fingerprint density at radius 2 is 1.78 bits per heavy atom. The Hall–Kier alpha value is -4.00. The summed E-state index contributed by atoms with van der Waals surface area (Å²) in [5.74, 6) is 0. The molecule has 1 aliphatic rings. The van der Waals surface area contributed by atoms with Gasteiger partial charge in [-0.2, -0.15) is 0 Å². The van der Waals surface area contributed by atoms with E-state index in [0.29, 0.717) is 0 Å². The minimum atomic E-state index is -0.508. The number of benzene rings is 3. The van der Waals surface area contributed by atoms with Crippen molar-refractivity contribution in [3.05, 3.63) is 96.1 Å². The summed E-state index contributed by atoms with van der Waals surface area (Å²) in [6.07, 6.45) is 6.92. The molecule has 0 radical (unpaired) electrons. The summed E-state index contributed by atoms with van der Waals surface area (Å²) in [7, 11) is 2.14. The first-order chi connectivity index (χ1) is 17.6. The summed E-state index contributed by atoms with van der Waals surface area (Å²) in [6, 6.07) is 21.9. The second kappa shape index (κ2) is 9.22. The van der Waals surface area contributed by atoms with E-state index in [-0.39, 0.29) is 0 Å². The zero-order valence-electron chi connectivity index (χ0n) is 20.0. The van der Waals surface area contributed by atoms with Gasteiger partial charge in [0.1, 0.15) is 0 Å². The van der Waals surface area contributed by atoms with Gasteiger partial charge in [0, 0.05) is 41.0 Å². The second-order valence-corrected chi connectivity index (χ2v) is 10.1. The summed E-state index contributed by atoms with van der Waals surface area (Å²) in [5.41, 5.74) is 12.4. The quantitative estimate of drug-likeness (QED) is 0.294. The Morgan fingerprint density at radius 3 is 2.53 bits per heavy atom. The van der Waals surface area contributed by atoms with E-state index in [4.69, 9.17) is 5.73 Å². The third kappa shape index (κ3) is 3.94. The molecule has 2 N–H and O–H groups in total. The molecule has 2 aromatic heterocycles. The lowest BCUT2D eigenvalue weighted by atomic mass is 9.97. The number of aromatic nitrogens is 1. The zero-order valence-corrected chi connectivity index (χ0v) is 20.8. The second-order valence-electron chi connectivity index (χ2n) is 9.16. The molecule has 0 saturated carbocycles. The van der Waals surface area contributed by atoms with Crippen LogP contribution in [0.3, 0.4) is 0 Å². The summed E-state index contributed by atoms with van der Waals surface area (Å²) in [5, 5.41) is 5.42. The van der Waals surface area contributed by atoms with Gasteiger partial charge in [-0.05, 0) is 82.9 Å². The number of primary amides is 1. The van der Waals surface area contributed by atoms with Crippen molar-refractivity contribution in [2.24, 2.45) is 5.73 Å². The third-order valence-electron chi connectivity index (χ3n) is 6.93. The number of likely N-dealkylation sites (N-methyl/N-ethyl adjacent to an activating group) is 1. The Labute approximate surface area is 214 Å². The number of amides is 2. The number of nitrogens with two attached hydrogens (primary N) is 1. The fourth-order valence-corrected chi connectivity index (χ4v) is 6.03. The molecule has 5 nitrogen and oxygen atoms in total. The molecule has 0 aliphatic carbocycles. The summed E-state index contributed by atoms with van der Waals surface area (Å²) in [4.78, 5) is 21.0. The number of nitrogens with zero attached hydrogens (tertiary/aromatic N) is 3. The van der Waals surface area contributed by atoms with E-state index in [1.54, 1.807) is 28.6 Å². The topological polar surface area (TPSA) is 62.5 Å². The average molecular weight is 491 g/mol. The molecule has 6 rings (SSSR count). The van der Waals surface area contributed by atoms with Crippen LogP contribution in [0, 0.1) is 0 Å². The van der Waals surface area contributed by atoms with E-state index in [2.05, 4.69) is 52.7 Å². The number of anilines is 2. The van der Waals surface area contributed by atoms with E-state index in [1.807, 2.05) is 42.5 Å². The maximum absolute atomic E-state index is 12.9. The Bertz CT molecular complexity index is 1620. The SMILES string of the molecule is CN1CC=C(c2csc3ccc(N(C(N)=O)c4ccc(-c5ccncc5)c5ccccc45)cc23)CC1. The Balaban J connectivity index is 1.50. The van der Waals surface area contributed by atoms with E-state index in [1.165, 1.54) is 15.8 Å². The molecule has 6 heteroatoms. The van der Waals surface area contributed by atoms with Crippen LogP contribution in [-0.2, 0) is 0 Å². The largest absolute Gasteiger partial charge is 0.351 e. The average Bonchev–Trinajstić information content (AvgIpc) is 3.33. The number of thiophene rings is 1. The number of rotatable bonds is 4. The van der Waals surface area contributed by atoms with E-state index < -0.39 is 6.03 Å². The smallest absolute Gasteiger partial charge is 0.323 e. The number of urea groups is 1. The number of fused-ring (bicyclic) bond motifs is 2. The molecule has 0 fully saturated rings. The third-order valence-corrected chi connectivity index (χ3v) is 7.89. The molecular formula is C30H26N4OS. The first kappa shape index (κ1) is 22.5. The molecule has 0 saturated heterocycles. The van der Waals surface area contributed by atoms with Crippen molar-refractivity contribution < 1.29 is 4.79 Å². The molecule has 3 aromatic carbocycles. The number of carbonyl (C=O) groups excluding carboxylic acids is 1. The molecule has 0 spiro atoms. The van der Waals surface area contributed by atoms with Gasteiger partial charge in [0.15, 0.2) is 0 Å². The van der Waals surface area contributed by atoms with Crippen molar-refractivity contribution in [2.75, 3.05) is 25.0 Å². The maximum Gasteiger partial charge on any atom is 0.323 e. The van der Waals surface area contributed by atoms with Crippen LogP contribution in [0.2, 0.25) is 0 Å². The van der Waals surface area contributed by atoms with Gasteiger partial charge in [0.25, 0.3) is 0 Å². The number of hydrogen-bond acceptors (Lipinski definition) is 4. The number of pyridine rings is 1. The zero-order chi connectivity index (χ0) is 24.6. The highest BCUT2D eigenvalue weighted by Crippen LogP contribution is 2.40. The van der Waals surface area contributed by atoms with Crippen LogP contribution in [0.5, 0.6) is 0 Å². The molecule has 0 bridgehead atoms. The van der Waals surface area contributed by atoms with Gasteiger partial charge in [-0.15, -0.1) is 11.3 Å². The van der Waals surface area contributed by atoms with Gasteiger partial charge in [0.2, 0.25) is 0 Å². The van der Waals surface area contributed by atoms with Crippen molar-refractivity contribution in [3.63, 3.8) is 0 Å². The Morgan fingerprint density at radius 1 is 0.972 bits per heavy atom. The maximum atomic E-state index is 12.9. The van der Waals surface area contributed by atoms with Crippen molar-refractivity contribution >= 4 is 55.2 Å². The highest BCUT2D eigenvalue weighted by Gasteiger charge is 2.21. The van der Waals surface area contributed by atoms with Crippen molar-refractivity contribution in [2.45, 2.75) is 6.42 Å². The van der Waals surface area contributed by atoms with Gasteiger partial charge in [0.05, 0.1) is 11.4 Å². The van der Waals surface area contributed by atoms with E-state index >= 15 is 0 Å². The summed E-state index contributed by atoms with van der Waals surface area (Å²) < 4.78 is 1.20. The molecule has 5 aromatic rings. The monoisotopic (exact) mass is 490 g/mol. The Kier molecular flexibility index (Phi) is 5.76. The van der Waals surface area contributed by atoms with Crippen LogP contribution in [0.25, 0.3) is 37.6 Å². The van der Waals surface area contributed by atoms with Gasteiger partial charge in [-0.3, -0.25) is 9.88 Å². The molecule has 0 unspecified atom stereocenters. The molecule has 36 heavy (non-hydrogen) atoms. The highest BCUT2D eigenvalue weighted by atomic mass is 32.1. The standard InChI is InChI=1S/C30H26N4OS/c1-33-16-12-21(13-17-33)27-19-36-29-9-6-22(18-26(27)29)34(30(31)35)28-8-7-23(20-10-14-32-15-11-20)24-4-2-3-5-25(24)28/h2-12,14-15,18-19H,13,16-17H2,1H3,(H2,31,35). The lowest BCUT2D eigenvalue weighted by Gasteiger charge is -2.24. The molecule has 2 amide bonds. The van der Waals surface area contributed by atoms with Gasteiger partial charge < -0.3 is 10.6 Å². The summed E-state index contributed by atoms with van der Waals surface area (Å²) >= 11 is 1.74. The lowest BCUT2D eigenvalue weighted by molar-refractivity contribution is 0.256. The first-order valence-corrected chi connectivity index (χ1v) is 12.9. The molecular weight excluding hydrogens is 464 g/mol. The van der Waals surface area contributed by atoms with Crippen LogP contribution in [0.1, 0.15) is 12.0 Å². The fourth-order valence-electron chi connectivity index (χ4n) is 5.07. The highest BCUT2D eigenvalue weighted by molar-refractivity contribution is 7.17. The predicted octanol–water partition coefficient (Wildman–Crippen LogP) is 7.05. The number of carbonyl (C=O) groups is 1. The predicted molar refractivity (Wildman–Crippen MR) is 151 cm³/mol. The van der Waals surface area contributed by atoms with E-state index in [0.717, 1.165) is 58.2 Å². The van der Waals surface area contributed by atoms with Gasteiger partial charge in [-0.1, -0.05) is 36.4 Å². The molecule has 3 heterocycles. The van der Waals surface area contributed by atoms with Crippen LogP contribution in [-0.4, -0.2) is 36.1 Å². The molecule has 1 aliphatic heterocycles. The molecule has 178 valence electrons. The fraction of sp³-hybridized carbons (Fsp3) is 0.133. The van der Waals surface area contributed by atoms with Crippen LogP contribution in [0.15, 0.2) is 90.6 Å². The normalized spacial score (nSPS) is 14.2. The van der Waals surface area contributed by atoms with Crippen molar-refractivity contribution in [3.8, 4) is 11.1 Å². The van der Waals surface area contributed by atoms with Crippen LogP contribution >= 0.6 is 11.3 Å². The minimum Gasteiger partial charge on any atom is -0.351 e. The first-order valence-electron chi connectivity index (χ1n) is 12.0.